The lowest BCUT2D eigenvalue weighted by atomic mass is 10.1. The molecule has 0 heterocycles. The van der Waals surface area contributed by atoms with Crippen molar-refractivity contribution in [2.45, 2.75) is 11.4 Å². The lowest BCUT2D eigenvalue weighted by molar-refractivity contribution is 0.0785. The van der Waals surface area contributed by atoms with Gasteiger partial charge >= 0.3 is 0 Å². The molecule has 3 rings (SSSR count). The molecule has 7 heteroatoms. The number of carbonyl (C=O) groups is 1. The van der Waals surface area contributed by atoms with E-state index in [0.29, 0.717) is 17.8 Å². The van der Waals surface area contributed by atoms with Crippen LogP contribution in [0.15, 0.2) is 83.8 Å². The Morgan fingerprint density at radius 2 is 1.66 bits per heavy atom. The number of rotatable bonds is 7. The first-order chi connectivity index (χ1) is 13.9. The summed E-state index contributed by atoms with van der Waals surface area (Å²) >= 11 is 0. The third-order valence-corrected chi connectivity index (χ3v) is 5.72. The molecule has 0 radical (unpaired) electrons. The number of para-hydroxylation sites is 1. The highest BCUT2D eigenvalue weighted by Crippen LogP contribution is 2.19. The molecule has 3 aromatic rings. The third kappa shape index (κ3) is 5.14. The fraction of sp³-hybridized carbons (Fsp3) is 0.136. The van der Waals surface area contributed by atoms with Gasteiger partial charge in [-0.3, -0.25) is 9.52 Å². The van der Waals surface area contributed by atoms with Gasteiger partial charge in [0.25, 0.3) is 15.9 Å². The number of hydrogen-bond acceptors (Lipinski definition) is 4. The van der Waals surface area contributed by atoms with E-state index in [9.17, 15) is 13.2 Å². The zero-order chi connectivity index (χ0) is 20.9. The Morgan fingerprint density at radius 3 is 2.31 bits per heavy atom. The van der Waals surface area contributed by atoms with Crippen molar-refractivity contribution in [2.24, 2.45) is 0 Å². The highest BCUT2D eigenvalue weighted by Gasteiger charge is 2.18. The van der Waals surface area contributed by atoms with Crippen molar-refractivity contribution >= 4 is 21.6 Å². The smallest absolute Gasteiger partial charge is 0.261 e. The van der Waals surface area contributed by atoms with Gasteiger partial charge in [-0.05, 0) is 48.0 Å². The molecule has 0 saturated carbocycles. The molecule has 0 fully saturated rings. The molecule has 0 bridgehead atoms. The number of sulfonamides is 1. The Hall–Kier alpha value is -3.32. The van der Waals surface area contributed by atoms with Crippen molar-refractivity contribution in [3.8, 4) is 5.75 Å². The molecule has 0 aliphatic rings. The monoisotopic (exact) mass is 410 g/mol. The van der Waals surface area contributed by atoms with E-state index in [0.717, 1.165) is 11.3 Å². The summed E-state index contributed by atoms with van der Waals surface area (Å²) in [6, 6.07) is 22.1. The molecule has 29 heavy (non-hydrogen) atoms. The Labute approximate surface area is 170 Å². The van der Waals surface area contributed by atoms with Crippen LogP contribution >= 0.6 is 0 Å². The lowest BCUT2D eigenvalue weighted by Crippen LogP contribution is -2.26. The van der Waals surface area contributed by atoms with Gasteiger partial charge in [0.15, 0.2) is 0 Å². The van der Waals surface area contributed by atoms with Crippen LogP contribution < -0.4 is 9.46 Å². The van der Waals surface area contributed by atoms with Crippen LogP contribution in [0.1, 0.15) is 15.9 Å². The van der Waals surface area contributed by atoms with E-state index in [2.05, 4.69) is 4.72 Å². The number of hydrogen-bond donors (Lipinski definition) is 1. The van der Waals surface area contributed by atoms with Gasteiger partial charge in [-0.1, -0.05) is 36.4 Å². The Morgan fingerprint density at radius 1 is 0.966 bits per heavy atom. The van der Waals surface area contributed by atoms with Crippen molar-refractivity contribution in [1.82, 2.24) is 4.90 Å². The summed E-state index contributed by atoms with van der Waals surface area (Å²) in [4.78, 5) is 14.4. The third-order valence-electron chi connectivity index (χ3n) is 4.34. The average Bonchev–Trinajstić information content (AvgIpc) is 2.74. The Balaban J connectivity index is 1.76. The van der Waals surface area contributed by atoms with Crippen LogP contribution in [0, 0.1) is 0 Å². The van der Waals surface area contributed by atoms with Gasteiger partial charge in [0.1, 0.15) is 5.75 Å². The molecular weight excluding hydrogens is 388 g/mol. The summed E-state index contributed by atoms with van der Waals surface area (Å²) in [5, 5.41) is 0. The standard InChI is InChI=1S/C22H22N2O4S/c1-24(16-17-11-13-20(28-2)14-12-17)22(25)18-7-6-10-21(15-18)29(26,27)23-19-8-4-3-5-9-19/h3-15,23H,16H2,1-2H3. The van der Waals surface area contributed by atoms with Crippen LogP contribution in [-0.4, -0.2) is 33.4 Å². The molecule has 0 unspecified atom stereocenters. The van der Waals surface area contributed by atoms with Gasteiger partial charge in [-0.25, -0.2) is 8.42 Å². The van der Waals surface area contributed by atoms with Crippen molar-refractivity contribution in [3.05, 3.63) is 90.0 Å². The number of anilines is 1. The Kier molecular flexibility index (Phi) is 6.19. The second-order valence-electron chi connectivity index (χ2n) is 6.51. The van der Waals surface area contributed by atoms with E-state index in [1.165, 1.54) is 17.0 Å². The maximum Gasteiger partial charge on any atom is 0.261 e. The maximum atomic E-state index is 12.8. The number of ether oxygens (including phenoxy) is 1. The Bertz CT molecular complexity index is 1080. The summed E-state index contributed by atoms with van der Waals surface area (Å²) in [6.45, 7) is 0.391. The van der Waals surface area contributed by atoms with Gasteiger partial charge in [0, 0.05) is 24.8 Å². The van der Waals surface area contributed by atoms with E-state index >= 15 is 0 Å². The lowest BCUT2D eigenvalue weighted by Gasteiger charge is -2.18. The summed E-state index contributed by atoms with van der Waals surface area (Å²) in [7, 11) is -0.524. The largest absolute Gasteiger partial charge is 0.497 e. The molecule has 0 aliphatic carbocycles. The summed E-state index contributed by atoms with van der Waals surface area (Å²) in [6.07, 6.45) is 0. The topological polar surface area (TPSA) is 75.7 Å². The van der Waals surface area contributed by atoms with Gasteiger partial charge in [0.05, 0.1) is 12.0 Å². The van der Waals surface area contributed by atoms with Crippen LogP contribution in [0.25, 0.3) is 0 Å². The number of nitrogens with one attached hydrogen (secondary N) is 1. The normalized spacial score (nSPS) is 11.0. The van der Waals surface area contributed by atoms with Crippen molar-refractivity contribution in [3.63, 3.8) is 0 Å². The van der Waals surface area contributed by atoms with Crippen molar-refractivity contribution < 1.29 is 17.9 Å². The van der Waals surface area contributed by atoms with Crippen molar-refractivity contribution in [1.29, 1.82) is 0 Å². The highest BCUT2D eigenvalue weighted by molar-refractivity contribution is 7.92. The summed E-state index contributed by atoms with van der Waals surface area (Å²) in [5.74, 6) is 0.476. The first-order valence-corrected chi connectivity index (χ1v) is 10.4. The molecule has 0 saturated heterocycles. The molecule has 150 valence electrons. The van der Waals surface area contributed by atoms with E-state index < -0.39 is 10.0 Å². The average molecular weight is 410 g/mol. The second kappa shape index (κ2) is 8.79. The fourth-order valence-corrected chi connectivity index (χ4v) is 3.92. The number of carbonyl (C=O) groups excluding carboxylic acids is 1. The molecule has 0 aliphatic heterocycles. The van der Waals surface area contributed by atoms with E-state index in [-0.39, 0.29) is 10.8 Å². The SMILES string of the molecule is COc1ccc(CN(C)C(=O)c2cccc(S(=O)(=O)Nc3ccccc3)c2)cc1. The van der Waals surface area contributed by atoms with Gasteiger partial charge in [0.2, 0.25) is 0 Å². The van der Waals surface area contributed by atoms with E-state index in [1.54, 1.807) is 56.6 Å². The highest BCUT2D eigenvalue weighted by atomic mass is 32.2. The second-order valence-corrected chi connectivity index (χ2v) is 8.19. The first-order valence-electron chi connectivity index (χ1n) is 8.95. The zero-order valence-electron chi connectivity index (χ0n) is 16.2. The summed E-state index contributed by atoms with van der Waals surface area (Å²) < 4.78 is 33.0. The van der Waals surface area contributed by atoms with Gasteiger partial charge in [-0.15, -0.1) is 0 Å². The predicted molar refractivity (Wildman–Crippen MR) is 112 cm³/mol. The number of methoxy groups -OCH3 is 1. The van der Waals surface area contributed by atoms with Crippen LogP contribution in [0.2, 0.25) is 0 Å². The quantitative estimate of drug-likeness (QED) is 0.643. The number of nitrogens with zero attached hydrogens (tertiary/aromatic N) is 1. The molecule has 0 aromatic heterocycles. The molecule has 1 N–H and O–H groups in total. The fourth-order valence-electron chi connectivity index (χ4n) is 2.81. The van der Waals surface area contributed by atoms with E-state index in [4.69, 9.17) is 4.74 Å². The van der Waals surface area contributed by atoms with Crippen LogP contribution in [-0.2, 0) is 16.6 Å². The summed E-state index contributed by atoms with van der Waals surface area (Å²) in [5.41, 5.74) is 1.70. The maximum absolute atomic E-state index is 12.8. The van der Waals surface area contributed by atoms with E-state index in [1.807, 2.05) is 24.3 Å². The van der Waals surface area contributed by atoms with Gasteiger partial charge < -0.3 is 9.64 Å². The zero-order valence-corrected chi connectivity index (χ0v) is 17.0. The van der Waals surface area contributed by atoms with Crippen LogP contribution in [0.4, 0.5) is 5.69 Å². The van der Waals surface area contributed by atoms with Crippen molar-refractivity contribution in [2.75, 3.05) is 18.9 Å². The minimum absolute atomic E-state index is 0.0325. The number of amides is 1. The van der Waals surface area contributed by atoms with Crippen LogP contribution in [0.3, 0.4) is 0 Å². The minimum atomic E-state index is -3.80. The molecule has 1 amide bonds. The molecule has 3 aromatic carbocycles. The van der Waals surface area contributed by atoms with Gasteiger partial charge in [-0.2, -0.15) is 0 Å². The molecule has 6 nitrogen and oxygen atoms in total. The predicted octanol–water partition coefficient (Wildman–Crippen LogP) is 3.77. The molecular formula is C22H22N2O4S. The number of benzene rings is 3. The minimum Gasteiger partial charge on any atom is -0.497 e. The first kappa shape index (κ1) is 20.4. The molecule has 0 spiro atoms. The molecule has 0 atom stereocenters. The van der Waals surface area contributed by atoms with Crippen LogP contribution in [0.5, 0.6) is 5.75 Å².